The Morgan fingerprint density at radius 2 is 1.81 bits per heavy atom. The van der Waals surface area contributed by atoms with E-state index in [-0.39, 0.29) is 0 Å². The molecule has 1 saturated carbocycles. The van der Waals surface area contributed by atoms with Gasteiger partial charge in [-0.05, 0) is 32.1 Å². The van der Waals surface area contributed by atoms with Gasteiger partial charge in [-0.2, -0.15) is 0 Å². The van der Waals surface area contributed by atoms with E-state index in [0.717, 1.165) is 34.3 Å². The Morgan fingerprint density at radius 1 is 1.04 bits per heavy atom. The third-order valence-electron chi connectivity index (χ3n) is 5.83. The average molecular weight is 377 g/mol. The highest BCUT2D eigenvalue weighted by atomic mass is 32.1. The lowest BCUT2D eigenvalue weighted by molar-refractivity contribution is -0.0405. The first kappa shape index (κ1) is 18.2. The van der Waals surface area contributed by atoms with Crippen molar-refractivity contribution in [3.05, 3.63) is 16.5 Å². The Labute approximate surface area is 158 Å². The molecule has 0 bridgehead atoms. The van der Waals surface area contributed by atoms with Crippen molar-refractivity contribution in [2.75, 3.05) is 13.1 Å². The standard InChI is InChI=1S/C19H28N4O2S/c1-11-3-5-13(6-4-11)18-22-17-14(20-12(2)21-19(17)26-18)9-23-8-7-15(24)16(25)10-23/h11,13,15-16,24-25H,3-10H2,1-2H3/t11?,13?,15-,16-/m1/s1. The predicted octanol–water partition coefficient (Wildman–Crippen LogP) is 2.62. The maximum Gasteiger partial charge on any atom is 0.147 e. The molecule has 6 nitrogen and oxygen atoms in total. The first-order chi connectivity index (χ1) is 12.5. The molecule has 3 heterocycles. The van der Waals surface area contributed by atoms with E-state index in [9.17, 15) is 10.2 Å². The van der Waals surface area contributed by atoms with Crippen molar-refractivity contribution in [1.29, 1.82) is 0 Å². The van der Waals surface area contributed by atoms with Crippen LogP contribution >= 0.6 is 11.3 Å². The lowest BCUT2D eigenvalue weighted by atomic mass is 9.83. The smallest absolute Gasteiger partial charge is 0.147 e. The molecule has 7 heteroatoms. The summed E-state index contributed by atoms with van der Waals surface area (Å²) in [6.45, 7) is 6.16. The van der Waals surface area contributed by atoms with Gasteiger partial charge in [0.25, 0.3) is 0 Å². The fourth-order valence-electron chi connectivity index (χ4n) is 4.14. The molecule has 1 aliphatic heterocycles. The summed E-state index contributed by atoms with van der Waals surface area (Å²) in [6, 6.07) is 0. The topological polar surface area (TPSA) is 82.4 Å². The zero-order chi connectivity index (χ0) is 18.3. The van der Waals surface area contributed by atoms with Crippen LogP contribution in [0.3, 0.4) is 0 Å². The SMILES string of the molecule is Cc1nc(CN2CC[C@@H](O)[C@H](O)C2)c2nc(C3CCC(C)CC3)sc2n1. The van der Waals surface area contributed by atoms with Gasteiger partial charge < -0.3 is 10.2 Å². The molecule has 2 atom stereocenters. The lowest BCUT2D eigenvalue weighted by Gasteiger charge is -2.33. The minimum atomic E-state index is -0.683. The molecular weight excluding hydrogens is 348 g/mol. The average Bonchev–Trinajstić information content (AvgIpc) is 3.03. The summed E-state index contributed by atoms with van der Waals surface area (Å²) in [5, 5.41) is 20.9. The maximum absolute atomic E-state index is 9.95. The normalized spacial score (nSPS) is 30.8. The monoisotopic (exact) mass is 376 g/mol. The first-order valence-electron chi connectivity index (χ1n) is 9.72. The highest BCUT2D eigenvalue weighted by Crippen LogP contribution is 2.38. The summed E-state index contributed by atoms with van der Waals surface area (Å²) >= 11 is 1.73. The second-order valence-electron chi connectivity index (χ2n) is 8.04. The number of thiazole rings is 1. The van der Waals surface area contributed by atoms with Gasteiger partial charge in [0.15, 0.2) is 0 Å². The van der Waals surface area contributed by atoms with Crippen molar-refractivity contribution in [1.82, 2.24) is 19.9 Å². The summed E-state index contributed by atoms with van der Waals surface area (Å²) in [6.07, 6.45) is 4.31. The van der Waals surface area contributed by atoms with Crippen molar-refractivity contribution < 1.29 is 10.2 Å². The van der Waals surface area contributed by atoms with E-state index in [0.29, 0.717) is 25.4 Å². The molecule has 0 spiro atoms. The van der Waals surface area contributed by atoms with Gasteiger partial charge in [0.05, 0.1) is 22.9 Å². The van der Waals surface area contributed by atoms with Gasteiger partial charge in [-0.25, -0.2) is 15.0 Å². The maximum atomic E-state index is 9.95. The van der Waals surface area contributed by atoms with Crippen LogP contribution in [0.2, 0.25) is 0 Å². The molecule has 0 radical (unpaired) electrons. The molecule has 1 aliphatic carbocycles. The Kier molecular flexibility index (Phi) is 5.23. The Hall–Kier alpha value is -1.15. The number of hydrogen-bond donors (Lipinski definition) is 2. The number of β-amino-alcohol motifs (C(OH)–C–C–N with tert-alkyl or cyclic N) is 1. The quantitative estimate of drug-likeness (QED) is 0.857. The summed E-state index contributed by atoms with van der Waals surface area (Å²) < 4.78 is 0. The molecule has 2 N–H and O–H groups in total. The third-order valence-corrected chi connectivity index (χ3v) is 6.94. The summed E-state index contributed by atoms with van der Waals surface area (Å²) in [7, 11) is 0. The molecule has 0 amide bonds. The Bertz CT molecular complexity index is 772. The lowest BCUT2D eigenvalue weighted by Crippen LogP contribution is -2.46. The number of rotatable bonds is 3. The van der Waals surface area contributed by atoms with Crippen LogP contribution in [-0.4, -0.2) is 55.4 Å². The highest BCUT2D eigenvalue weighted by Gasteiger charge is 2.28. The number of aryl methyl sites for hydroxylation is 1. The van der Waals surface area contributed by atoms with Crippen LogP contribution in [0.1, 0.15) is 61.5 Å². The fraction of sp³-hybridized carbons (Fsp3) is 0.737. The largest absolute Gasteiger partial charge is 0.390 e. The summed E-state index contributed by atoms with van der Waals surface area (Å²) in [4.78, 5) is 17.4. The van der Waals surface area contributed by atoms with Gasteiger partial charge in [-0.15, -0.1) is 0 Å². The van der Waals surface area contributed by atoms with Crippen molar-refractivity contribution in [2.45, 2.75) is 70.6 Å². The molecule has 0 aromatic carbocycles. The molecular formula is C19H28N4O2S. The van der Waals surface area contributed by atoms with Crippen molar-refractivity contribution in [2.24, 2.45) is 5.92 Å². The summed E-state index contributed by atoms with van der Waals surface area (Å²) in [5.74, 6) is 2.17. The van der Waals surface area contributed by atoms with Gasteiger partial charge >= 0.3 is 0 Å². The van der Waals surface area contributed by atoms with Crippen molar-refractivity contribution in [3.63, 3.8) is 0 Å². The van der Waals surface area contributed by atoms with Crippen LogP contribution in [0.5, 0.6) is 0 Å². The zero-order valence-electron chi connectivity index (χ0n) is 15.6. The number of piperidine rings is 1. The van der Waals surface area contributed by atoms with Crippen LogP contribution in [0.25, 0.3) is 10.3 Å². The van der Waals surface area contributed by atoms with Crippen LogP contribution in [0, 0.1) is 12.8 Å². The molecule has 26 heavy (non-hydrogen) atoms. The zero-order valence-corrected chi connectivity index (χ0v) is 16.4. The van der Waals surface area contributed by atoms with E-state index in [4.69, 9.17) is 4.98 Å². The first-order valence-corrected chi connectivity index (χ1v) is 10.5. The second kappa shape index (κ2) is 7.46. The van der Waals surface area contributed by atoms with Gasteiger partial charge in [0.2, 0.25) is 0 Å². The van der Waals surface area contributed by atoms with E-state index in [1.54, 1.807) is 11.3 Å². The van der Waals surface area contributed by atoms with Crippen LogP contribution in [0.15, 0.2) is 0 Å². The number of hydrogen-bond acceptors (Lipinski definition) is 7. The molecule has 2 aromatic rings. The molecule has 2 fully saturated rings. The summed E-state index contributed by atoms with van der Waals surface area (Å²) in [5.41, 5.74) is 1.87. The number of fused-ring (bicyclic) bond motifs is 1. The highest BCUT2D eigenvalue weighted by molar-refractivity contribution is 7.18. The van der Waals surface area contributed by atoms with Gasteiger partial charge in [0, 0.05) is 25.6 Å². The third kappa shape index (κ3) is 3.76. The van der Waals surface area contributed by atoms with Gasteiger partial charge in [-0.3, -0.25) is 4.90 Å². The molecule has 2 aliphatic rings. The molecule has 2 aromatic heterocycles. The second-order valence-corrected chi connectivity index (χ2v) is 9.05. The number of aromatic nitrogens is 3. The predicted molar refractivity (Wildman–Crippen MR) is 102 cm³/mol. The van der Waals surface area contributed by atoms with Crippen LogP contribution in [-0.2, 0) is 6.54 Å². The van der Waals surface area contributed by atoms with E-state index in [1.807, 2.05) is 6.92 Å². The van der Waals surface area contributed by atoms with Crippen LogP contribution in [0.4, 0.5) is 0 Å². The van der Waals surface area contributed by atoms with Crippen molar-refractivity contribution in [3.8, 4) is 0 Å². The van der Waals surface area contributed by atoms with E-state index < -0.39 is 12.2 Å². The number of likely N-dealkylation sites (tertiary alicyclic amines) is 1. The van der Waals surface area contributed by atoms with Gasteiger partial charge in [0.1, 0.15) is 16.2 Å². The fourth-order valence-corrected chi connectivity index (χ4v) is 5.32. The minimum Gasteiger partial charge on any atom is -0.390 e. The molecule has 0 unspecified atom stereocenters. The van der Waals surface area contributed by atoms with E-state index >= 15 is 0 Å². The minimum absolute atomic E-state index is 0.475. The Balaban J connectivity index is 1.58. The molecule has 4 rings (SSSR count). The number of aliphatic hydroxyl groups excluding tert-OH is 2. The van der Waals surface area contributed by atoms with Crippen molar-refractivity contribution >= 4 is 21.7 Å². The molecule has 142 valence electrons. The molecule has 1 saturated heterocycles. The van der Waals surface area contributed by atoms with E-state index in [2.05, 4.69) is 21.8 Å². The van der Waals surface area contributed by atoms with E-state index in [1.165, 1.54) is 30.7 Å². The van der Waals surface area contributed by atoms with Gasteiger partial charge in [-0.1, -0.05) is 31.1 Å². The van der Waals surface area contributed by atoms with Crippen LogP contribution < -0.4 is 0 Å². The number of nitrogens with zero attached hydrogens (tertiary/aromatic N) is 4. The Morgan fingerprint density at radius 3 is 2.54 bits per heavy atom. The number of aliphatic hydroxyl groups is 2.